The number of allylic oxidation sites excluding steroid dienone is 5. The van der Waals surface area contributed by atoms with Gasteiger partial charge in [-0.05, 0) is 44.9 Å². The number of carbonyl (C=O) groups is 1. The van der Waals surface area contributed by atoms with Gasteiger partial charge in [0.1, 0.15) is 0 Å². The number of aliphatic hydroxyl groups is 2. The van der Waals surface area contributed by atoms with E-state index >= 15 is 0 Å². The Kier molecular flexibility index (Phi) is 26.1. The molecule has 0 bridgehead atoms. The molecule has 0 aliphatic rings. The molecule has 0 aromatic heterocycles. The van der Waals surface area contributed by atoms with Gasteiger partial charge in [-0.2, -0.15) is 0 Å². The van der Waals surface area contributed by atoms with Gasteiger partial charge in [-0.15, -0.1) is 0 Å². The number of aliphatic hydroxyl groups excluding tert-OH is 2. The van der Waals surface area contributed by atoms with Crippen LogP contribution >= 0.6 is 0 Å². The van der Waals surface area contributed by atoms with Gasteiger partial charge in [0.2, 0.25) is 5.91 Å². The van der Waals surface area contributed by atoms with Gasteiger partial charge in [0.15, 0.2) is 0 Å². The van der Waals surface area contributed by atoms with Crippen molar-refractivity contribution in [2.45, 2.75) is 148 Å². The summed E-state index contributed by atoms with van der Waals surface area (Å²) in [4.78, 5) is 12.2. The summed E-state index contributed by atoms with van der Waals surface area (Å²) in [6.45, 7) is 4.18. The lowest BCUT2D eigenvalue weighted by Crippen LogP contribution is -2.45. The fourth-order valence-corrected chi connectivity index (χ4v) is 4.04. The van der Waals surface area contributed by atoms with Crippen LogP contribution in [0.5, 0.6) is 0 Å². The number of unbranched alkanes of at least 4 members (excludes halogenated alkanes) is 14. The van der Waals surface area contributed by atoms with Crippen LogP contribution in [0.4, 0.5) is 0 Å². The second-order valence-electron chi connectivity index (χ2n) is 9.81. The van der Waals surface area contributed by atoms with Crippen molar-refractivity contribution in [3.8, 4) is 0 Å². The number of amides is 1. The molecule has 0 spiro atoms. The van der Waals surface area contributed by atoms with E-state index in [0.717, 1.165) is 44.9 Å². The lowest BCUT2D eigenvalue weighted by Gasteiger charge is -2.20. The lowest BCUT2D eigenvalue weighted by molar-refractivity contribution is -0.123. The molecule has 0 saturated heterocycles. The van der Waals surface area contributed by atoms with Crippen molar-refractivity contribution < 1.29 is 15.0 Å². The first-order valence-electron chi connectivity index (χ1n) is 14.7. The van der Waals surface area contributed by atoms with Crippen LogP contribution in [0, 0.1) is 0 Å². The molecule has 2 atom stereocenters. The maximum Gasteiger partial charge on any atom is 0.220 e. The Hall–Kier alpha value is -1.39. The van der Waals surface area contributed by atoms with Crippen LogP contribution in [0.25, 0.3) is 0 Å². The van der Waals surface area contributed by atoms with E-state index in [0.29, 0.717) is 6.42 Å². The van der Waals surface area contributed by atoms with Crippen molar-refractivity contribution in [3.63, 3.8) is 0 Å². The molecule has 35 heavy (non-hydrogen) atoms. The molecule has 2 unspecified atom stereocenters. The van der Waals surface area contributed by atoms with E-state index in [1.807, 2.05) is 6.08 Å². The molecule has 4 nitrogen and oxygen atoms in total. The molecular weight excluding hydrogens is 434 g/mol. The Balaban J connectivity index is 3.74. The highest BCUT2D eigenvalue weighted by molar-refractivity contribution is 5.76. The van der Waals surface area contributed by atoms with Crippen LogP contribution in [0.2, 0.25) is 0 Å². The summed E-state index contributed by atoms with van der Waals surface area (Å²) in [6.07, 6.45) is 33.5. The third kappa shape index (κ3) is 24.1. The van der Waals surface area contributed by atoms with Gasteiger partial charge >= 0.3 is 0 Å². The minimum Gasteiger partial charge on any atom is -0.394 e. The van der Waals surface area contributed by atoms with E-state index in [9.17, 15) is 15.0 Å². The Labute approximate surface area is 217 Å². The van der Waals surface area contributed by atoms with Crippen LogP contribution in [-0.2, 0) is 4.79 Å². The quantitative estimate of drug-likeness (QED) is 0.0896. The number of hydrogen-bond acceptors (Lipinski definition) is 3. The van der Waals surface area contributed by atoms with Gasteiger partial charge in [-0.25, -0.2) is 0 Å². The zero-order chi connectivity index (χ0) is 25.8. The summed E-state index contributed by atoms with van der Waals surface area (Å²) >= 11 is 0. The molecule has 0 heterocycles. The first-order valence-corrected chi connectivity index (χ1v) is 14.7. The number of hydrogen-bond donors (Lipinski definition) is 3. The number of rotatable bonds is 25. The molecule has 0 aliphatic heterocycles. The van der Waals surface area contributed by atoms with Crippen molar-refractivity contribution in [1.29, 1.82) is 0 Å². The second kappa shape index (κ2) is 27.2. The van der Waals surface area contributed by atoms with E-state index < -0.39 is 12.1 Å². The van der Waals surface area contributed by atoms with Crippen LogP contribution in [0.15, 0.2) is 36.5 Å². The van der Waals surface area contributed by atoms with Gasteiger partial charge in [0.05, 0.1) is 18.8 Å². The summed E-state index contributed by atoms with van der Waals surface area (Å²) in [6, 6.07) is -0.624. The van der Waals surface area contributed by atoms with E-state index in [1.54, 1.807) is 6.08 Å². The molecule has 0 radical (unpaired) electrons. The Morgan fingerprint density at radius 2 is 1.23 bits per heavy atom. The highest BCUT2D eigenvalue weighted by Gasteiger charge is 2.17. The maximum atomic E-state index is 12.2. The predicted octanol–water partition coefficient (Wildman–Crippen LogP) is 7.94. The summed E-state index contributed by atoms with van der Waals surface area (Å²) in [5.74, 6) is -0.0846. The number of nitrogens with one attached hydrogen (secondary N) is 1. The fraction of sp³-hybridized carbons (Fsp3) is 0.774. The Morgan fingerprint density at radius 3 is 1.83 bits per heavy atom. The smallest absolute Gasteiger partial charge is 0.220 e. The van der Waals surface area contributed by atoms with Gasteiger partial charge in [0, 0.05) is 6.42 Å². The molecule has 204 valence electrons. The third-order valence-corrected chi connectivity index (χ3v) is 6.35. The monoisotopic (exact) mass is 491 g/mol. The predicted molar refractivity (Wildman–Crippen MR) is 152 cm³/mol. The van der Waals surface area contributed by atoms with E-state index in [2.05, 4.69) is 43.5 Å². The average Bonchev–Trinajstić information content (AvgIpc) is 2.86. The van der Waals surface area contributed by atoms with Gasteiger partial charge in [-0.1, -0.05) is 121 Å². The highest BCUT2D eigenvalue weighted by atomic mass is 16.3. The van der Waals surface area contributed by atoms with E-state index in [4.69, 9.17) is 0 Å². The molecule has 0 rings (SSSR count). The van der Waals surface area contributed by atoms with Crippen LogP contribution < -0.4 is 5.32 Å². The summed E-state index contributed by atoms with van der Waals surface area (Å²) in [5, 5.41) is 22.7. The Morgan fingerprint density at radius 1 is 0.686 bits per heavy atom. The summed E-state index contributed by atoms with van der Waals surface area (Å²) in [7, 11) is 0. The van der Waals surface area contributed by atoms with Crippen molar-refractivity contribution in [3.05, 3.63) is 36.5 Å². The summed E-state index contributed by atoms with van der Waals surface area (Å²) < 4.78 is 0. The molecule has 0 aliphatic carbocycles. The van der Waals surface area contributed by atoms with Gasteiger partial charge < -0.3 is 15.5 Å². The average molecular weight is 492 g/mol. The third-order valence-electron chi connectivity index (χ3n) is 6.35. The van der Waals surface area contributed by atoms with E-state index in [1.165, 1.54) is 70.6 Å². The molecule has 4 heteroatoms. The normalized spacial score (nSPS) is 13.8. The first kappa shape index (κ1) is 33.6. The molecule has 0 saturated carbocycles. The van der Waals surface area contributed by atoms with Crippen molar-refractivity contribution in [2.75, 3.05) is 6.61 Å². The van der Waals surface area contributed by atoms with Gasteiger partial charge in [-0.3, -0.25) is 4.79 Å². The van der Waals surface area contributed by atoms with Gasteiger partial charge in [0.25, 0.3) is 0 Å². The van der Waals surface area contributed by atoms with Crippen LogP contribution in [0.3, 0.4) is 0 Å². The lowest BCUT2D eigenvalue weighted by atomic mass is 10.1. The Bertz CT molecular complexity index is 541. The number of carbonyl (C=O) groups excluding carboxylic acids is 1. The fourth-order valence-electron chi connectivity index (χ4n) is 4.04. The van der Waals surface area contributed by atoms with E-state index in [-0.39, 0.29) is 12.5 Å². The van der Waals surface area contributed by atoms with Crippen LogP contribution in [-0.4, -0.2) is 34.9 Å². The molecule has 0 fully saturated rings. The molecule has 1 amide bonds. The topological polar surface area (TPSA) is 69.6 Å². The zero-order valence-electron chi connectivity index (χ0n) is 23.1. The second-order valence-corrected chi connectivity index (χ2v) is 9.81. The molecule has 0 aromatic rings. The minimum atomic E-state index is -0.840. The van der Waals surface area contributed by atoms with Crippen molar-refractivity contribution in [2.24, 2.45) is 0 Å². The molecule has 0 aromatic carbocycles. The molecule has 3 N–H and O–H groups in total. The highest BCUT2D eigenvalue weighted by Crippen LogP contribution is 2.11. The van der Waals surface area contributed by atoms with Crippen molar-refractivity contribution in [1.82, 2.24) is 5.32 Å². The van der Waals surface area contributed by atoms with Crippen molar-refractivity contribution >= 4 is 5.91 Å². The SMILES string of the molecule is CCC/C=C\C/C=C\CCCCCCCC(=O)NC(CO)C(O)/C=C/CCCCCCCCCC. The maximum absolute atomic E-state index is 12.2. The molecular formula is C31H57NO3. The van der Waals surface area contributed by atoms with Crippen LogP contribution in [0.1, 0.15) is 136 Å². The first-order chi connectivity index (χ1) is 17.2. The summed E-state index contributed by atoms with van der Waals surface area (Å²) in [5.41, 5.74) is 0. The largest absolute Gasteiger partial charge is 0.394 e. The zero-order valence-corrected chi connectivity index (χ0v) is 23.1. The standard InChI is InChI=1S/C31H57NO3/c1-3-5-7-9-11-13-15-16-17-19-21-23-25-27-31(35)32-29(28-33)30(34)26-24-22-20-18-14-12-10-8-6-4-2/h7,9,13,15,24,26,29-30,33-34H,3-6,8,10-12,14,16-23,25,27-28H2,1-2H3,(H,32,35)/b9-7-,15-13-,26-24+. The minimum absolute atomic E-state index is 0.0846.